The van der Waals surface area contributed by atoms with Crippen LogP contribution in [0.5, 0.6) is 0 Å². The Morgan fingerprint density at radius 3 is 1.75 bits per heavy atom. The lowest BCUT2D eigenvalue weighted by atomic mass is 9.82. The van der Waals surface area contributed by atoms with E-state index in [1.165, 1.54) is 86.9 Å². The molecule has 0 amide bonds. The third-order valence-electron chi connectivity index (χ3n) is 12.3. The molecule has 0 N–H and O–H groups in total. The minimum Gasteiger partial charge on any atom is -0.310 e. The lowest BCUT2D eigenvalue weighted by Crippen LogP contribution is -2.17. The fourth-order valence-electron chi connectivity index (χ4n) is 9.41. The second kappa shape index (κ2) is 14.1. The van der Waals surface area contributed by atoms with Crippen LogP contribution in [-0.4, -0.2) is 0 Å². The molecular formula is C57H41NS. The maximum Gasteiger partial charge on any atom is 0.0540 e. The number of anilines is 3. The van der Waals surface area contributed by atoms with Gasteiger partial charge in [0.25, 0.3) is 0 Å². The molecule has 0 fully saturated rings. The van der Waals surface area contributed by atoms with Crippen molar-refractivity contribution in [3.05, 3.63) is 223 Å². The molecule has 9 aromatic carbocycles. The average molecular weight is 772 g/mol. The van der Waals surface area contributed by atoms with E-state index in [4.69, 9.17) is 0 Å². The number of nitrogens with zero attached hydrogens (tertiary/aromatic N) is 1. The van der Waals surface area contributed by atoms with Gasteiger partial charge in [-0.2, -0.15) is 0 Å². The minimum atomic E-state index is -0.136. The summed E-state index contributed by atoms with van der Waals surface area (Å²) < 4.78 is 2.60. The maximum absolute atomic E-state index is 2.49. The number of benzene rings is 9. The molecule has 2 heteroatoms. The third kappa shape index (κ3) is 5.91. The normalized spacial score (nSPS) is 12.7. The van der Waals surface area contributed by atoms with Crippen LogP contribution in [0.2, 0.25) is 0 Å². The van der Waals surface area contributed by atoms with Crippen LogP contribution in [0.3, 0.4) is 0 Å². The fraction of sp³-hybridized carbons (Fsp3) is 0.0526. The summed E-state index contributed by atoms with van der Waals surface area (Å²) in [5.74, 6) is 0. The molecule has 0 unspecified atom stereocenters. The summed E-state index contributed by atoms with van der Waals surface area (Å²) in [6.07, 6.45) is 0. The van der Waals surface area contributed by atoms with Crippen molar-refractivity contribution in [3.8, 4) is 55.6 Å². The Balaban J connectivity index is 1.16. The smallest absolute Gasteiger partial charge is 0.0540 e. The molecule has 1 nitrogen and oxygen atoms in total. The van der Waals surface area contributed by atoms with E-state index in [2.05, 4.69) is 231 Å². The van der Waals surface area contributed by atoms with Gasteiger partial charge in [0.05, 0.1) is 5.69 Å². The number of rotatable bonds is 7. The number of hydrogen-bond donors (Lipinski definition) is 0. The second-order valence-electron chi connectivity index (χ2n) is 16.1. The number of fused-ring (bicyclic) bond motifs is 6. The van der Waals surface area contributed by atoms with Crippen molar-refractivity contribution in [2.45, 2.75) is 19.3 Å². The zero-order chi connectivity index (χ0) is 39.5. The summed E-state index contributed by atoms with van der Waals surface area (Å²) in [5, 5.41) is 2.60. The zero-order valence-corrected chi connectivity index (χ0v) is 33.9. The summed E-state index contributed by atoms with van der Waals surface area (Å²) >= 11 is 1.87. The molecule has 0 saturated heterocycles. The van der Waals surface area contributed by atoms with Crippen molar-refractivity contribution in [2.24, 2.45) is 0 Å². The van der Waals surface area contributed by atoms with Crippen LogP contribution in [-0.2, 0) is 5.41 Å². The largest absolute Gasteiger partial charge is 0.310 e. The molecular weight excluding hydrogens is 731 g/mol. The molecule has 280 valence electrons. The van der Waals surface area contributed by atoms with Crippen molar-refractivity contribution < 1.29 is 0 Å². The van der Waals surface area contributed by atoms with E-state index in [0.29, 0.717) is 0 Å². The first-order valence-corrected chi connectivity index (χ1v) is 21.2. The van der Waals surface area contributed by atoms with Gasteiger partial charge in [-0.3, -0.25) is 0 Å². The van der Waals surface area contributed by atoms with Gasteiger partial charge >= 0.3 is 0 Å². The molecule has 0 saturated carbocycles. The summed E-state index contributed by atoms with van der Waals surface area (Å²) in [6, 6.07) is 78.2. The van der Waals surface area contributed by atoms with E-state index in [0.717, 1.165) is 17.1 Å². The Hall–Kier alpha value is -7.00. The first-order chi connectivity index (χ1) is 29.0. The minimum absolute atomic E-state index is 0.136. The molecule has 11 rings (SSSR count). The van der Waals surface area contributed by atoms with Crippen LogP contribution in [0.15, 0.2) is 212 Å². The molecule has 1 aliphatic carbocycles. The van der Waals surface area contributed by atoms with Crippen molar-refractivity contribution >= 4 is 48.6 Å². The van der Waals surface area contributed by atoms with Crippen LogP contribution in [0.4, 0.5) is 17.1 Å². The number of thiophene rings is 1. The average Bonchev–Trinajstić information content (AvgIpc) is 3.79. The van der Waals surface area contributed by atoms with Gasteiger partial charge in [0.1, 0.15) is 0 Å². The monoisotopic (exact) mass is 771 g/mol. The molecule has 0 bridgehead atoms. The highest BCUT2D eigenvalue weighted by Crippen LogP contribution is 2.53. The van der Waals surface area contributed by atoms with Crippen LogP contribution in [0.1, 0.15) is 25.0 Å². The predicted molar refractivity (Wildman–Crippen MR) is 253 cm³/mol. The van der Waals surface area contributed by atoms with Crippen molar-refractivity contribution in [1.29, 1.82) is 0 Å². The Morgan fingerprint density at radius 2 is 0.949 bits per heavy atom. The summed E-state index contributed by atoms with van der Waals surface area (Å²) in [7, 11) is 0. The highest BCUT2D eigenvalue weighted by Gasteiger charge is 2.36. The molecule has 1 heterocycles. The van der Waals surface area contributed by atoms with Gasteiger partial charge in [0.15, 0.2) is 0 Å². The van der Waals surface area contributed by atoms with Gasteiger partial charge in [-0.05, 0) is 104 Å². The Labute approximate surface area is 350 Å². The molecule has 0 radical (unpaired) electrons. The molecule has 0 atom stereocenters. The van der Waals surface area contributed by atoms with Crippen molar-refractivity contribution in [3.63, 3.8) is 0 Å². The van der Waals surface area contributed by atoms with E-state index in [1.54, 1.807) is 0 Å². The SMILES string of the molecule is CC1(C)c2ccccc2-c2ccc(N(c3cccc(-c4ccccc4)c3)c3ccccc3-c3ccc4sc5ccccc5c4c3-c3ccc(-c4ccccc4)cc3)cc21. The van der Waals surface area contributed by atoms with Gasteiger partial charge in [-0.15, -0.1) is 11.3 Å². The lowest BCUT2D eigenvalue weighted by Gasteiger charge is -2.30. The first-order valence-electron chi connectivity index (χ1n) is 20.4. The quantitative estimate of drug-likeness (QED) is 0.156. The van der Waals surface area contributed by atoms with E-state index in [9.17, 15) is 0 Å². The number of para-hydroxylation sites is 1. The van der Waals surface area contributed by atoms with Crippen LogP contribution in [0, 0.1) is 0 Å². The number of hydrogen-bond acceptors (Lipinski definition) is 2. The second-order valence-corrected chi connectivity index (χ2v) is 17.2. The van der Waals surface area contributed by atoms with Crippen LogP contribution in [0.25, 0.3) is 75.8 Å². The van der Waals surface area contributed by atoms with Crippen molar-refractivity contribution in [1.82, 2.24) is 0 Å². The molecule has 59 heavy (non-hydrogen) atoms. The van der Waals surface area contributed by atoms with Gasteiger partial charge in [0, 0.05) is 42.5 Å². The molecule has 1 aliphatic rings. The maximum atomic E-state index is 2.49. The Bertz CT molecular complexity index is 3170. The predicted octanol–water partition coefficient (Wildman–Crippen LogP) is 16.5. The Morgan fingerprint density at radius 1 is 0.373 bits per heavy atom. The van der Waals surface area contributed by atoms with E-state index in [1.807, 2.05) is 11.3 Å². The van der Waals surface area contributed by atoms with Crippen LogP contribution < -0.4 is 4.90 Å². The standard InChI is InChI=1S/C57H41NS/c1-57(2)50-25-12-9-22-45(50)46-33-32-44(37-51(46)57)58(43-21-15-20-42(36-43)39-18-7-4-8-19-39)52-26-13-10-23-47(52)48-34-35-54-56(49-24-11-14-27-53(49)59-54)55(48)41-30-28-40(29-31-41)38-16-5-3-6-17-38/h3-37H,1-2H3. The lowest BCUT2D eigenvalue weighted by molar-refractivity contribution is 0.660. The zero-order valence-electron chi connectivity index (χ0n) is 33.1. The molecule has 10 aromatic rings. The molecule has 0 aliphatic heterocycles. The fourth-order valence-corrected chi connectivity index (χ4v) is 10.5. The summed E-state index contributed by atoms with van der Waals surface area (Å²) in [6.45, 7) is 4.73. The van der Waals surface area contributed by atoms with E-state index >= 15 is 0 Å². The van der Waals surface area contributed by atoms with Gasteiger partial charge in [0.2, 0.25) is 0 Å². The molecule has 1 aromatic heterocycles. The summed E-state index contributed by atoms with van der Waals surface area (Å²) in [5.41, 5.74) is 18.3. The van der Waals surface area contributed by atoms with E-state index < -0.39 is 0 Å². The Kier molecular flexibility index (Phi) is 8.43. The van der Waals surface area contributed by atoms with Crippen LogP contribution >= 0.6 is 11.3 Å². The molecule has 0 spiro atoms. The highest BCUT2D eigenvalue weighted by molar-refractivity contribution is 7.26. The van der Waals surface area contributed by atoms with Crippen molar-refractivity contribution in [2.75, 3.05) is 4.90 Å². The third-order valence-corrected chi connectivity index (χ3v) is 13.4. The summed E-state index contributed by atoms with van der Waals surface area (Å²) in [4.78, 5) is 2.49. The van der Waals surface area contributed by atoms with Gasteiger partial charge in [-0.1, -0.05) is 184 Å². The van der Waals surface area contributed by atoms with Gasteiger partial charge in [-0.25, -0.2) is 0 Å². The van der Waals surface area contributed by atoms with Gasteiger partial charge < -0.3 is 4.90 Å². The topological polar surface area (TPSA) is 3.24 Å². The van der Waals surface area contributed by atoms with E-state index in [-0.39, 0.29) is 5.41 Å². The highest BCUT2D eigenvalue weighted by atomic mass is 32.1. The first kappa shape index (κ1) is 35.2.